The van der Waals surface area contributed by atoms with Crippen molar-refractivity contribution in [3.05, 3.63) is 106 Å². The molecule has 0 bridgehead atoms. The van der Waals surface area contributed by atoms with Gasteiger partial charge in [-0.05, 0) is 6.07 Å². The van der Waals surface area contributed by atoms with E-state index in [1.165, 1.54) is 0 Å². The Hall–Kier alpha value is -2.52. The van der Waals surface area contributed by atoms with Crippen molar-refractivity contribution in [1.82, 2.24) is 0 Å². The van der Waals surface area contributed by atoms with Gasteiger partial charge in [-0.15, -0.1) is 5.10 Å². The van der Waals surface area contributed by atoms with Crippen molar-refractivity contribution < 1.29 is 0 Å². The van der Waals surface area contributed by atoms with Crippen LogP contribution in [0.25, 0.3) is 0 Å². The van der Waals surface area contributed by atoms with Gasteiger partial charge in [0.2, 0.25) is 0 Å². The van der Waals surface area contributed by atoms with E-state index in [1.54, 1.807) is 6.21 Å². The van der Waals surface area contributed by atoms with Crippen LogP contribution in [0.2, 0.25) is 0 Å². The smallest absolute Gasteiger partial charge is 0.100 e. The van der Waals surface area contributed by atoms with Crippen molar-refractivity contribution in [1.29, 1.82) is 0 Å². The summed E-state index contributed by atoms with van der Waals surface area (Å²) in [4.78, 5) is 0. The number of rotatable bonds is 4. The van der Waals surface area contributed by atoms with Gasteiger partial charge in [-0.25, -0.2) is 0 Å². The number of hydrogen-bond acceptors (Lipinski definition) is 2. The fourth-order valence-corrected chi connectivity index (χ4v) is 2.59. The maximum absolute atomic E-state index is 4.47. The molecule has 0 aromatic heterocycles. The lowest BCUT2D eigenvalue weighted by Gasteiger charge is -2.05. The minimum absolute atomic E-state index is 0.856. The first-order chi connectivity index (χ1) is 11.3. The Bertz CT molecular complexity index is 783. The van der Waals surface area contributed by atoms with Crippen molar-refractivity contribution in [2.45, 2.75) is 0 Å². The fraction of sp³-hybridized carbons (Fsp3) is 0. The average molecular weight is 363 g/mol. The van der Waals surface area contributed by atoms with E-state index in [1.807, 2.05) is 84.9 Å². The van der Waals surface area contributed by atoms with Gasteiger partial charge in [-0.1, -0.05) is 94.8 Å². The van der Waals surface area contributed by atoms with Crippen molar-refractivity contribution in [3.8, 4) is 0 Å². The molecule has 0 unspecified atom stereocenters. The molecule has 112 valence electrons. The molecular weight excluding hydrogens is 348 g/mol. The summed E-state index contributed by atoms with van der Waals surface area (Å²) in [5, 5.41) is 8.75. The predicted octanol–water partition coefficient (Wildman–Crippen LogP) is 5.32. The van der Waals surface area contributed by atoms with Gasteiger partial charge < -0.3 is 0 Å². The van der Waals surface area contributed by atoms with Gasteiger partial charge >= 0.3 is 0 Å². The maximum Gasteiger partial charge on any atom is 0.100 e. The second-order valence-electron chi connectivity index (χ2n) is 4.95. The van der Waals surface area contributed by atoms with Crippen LogP contribution in [0.1, 0.15) is 16.7 Å². The highest BCUT2D eigenvalue weighted by Gasteiger charge is 2.05. The topological polar surface area (TPSA) is 24.7 Å². The van der Waals surface area contributed by atoms with Crippen LogP contribution in [-0.4, -0.2) is 11.9 Å². The molecule has 0 heterocycles. The zero-order valence-corrected chi connectivity index (χ0v) is 14.0. The largest absolute Gasteiger partial charge is 0.158 e. The molecule has 0 amide bonds. The zero-order chi connectivity index (χ0) is 15.9. The molecule has 2 nitrogen and oxygen atoms in total. The van der Waals surface area contributed by atoms with Crippen LogP contribution in [0, 0.1) is 0 Å². The Morgan fingerprint density at radius 2 is 1.22 bits per heavy atom. The first kappa shape index (κ1) is 15.4. The van der Waals surface area contributed by atoms with E-state index in [-0.39, 0.29) is 0 Å². The monoisotopic (exact) mass is 362 g/mol. The number of benzene rings is 3. The molecule has 0 atom stereocenters. The van der Waals surface area contributed by atoms with Gasteiger partial charge in [0.15, 0.2) is 0 Å². The standard InChI is InChI=1S/C20H15BrN2/c21-19-14-8-7-13-18(19)15-22-23-20(16-9-3-1-4-10-16)17-11-5-2-6-12-17/h1-15H/b22-15-. The van der Waals surface area contributed by atoms with Crippen molar-refractivity contribution in [2.24, 2.45) is 10.2 Å². The third kappa shape index (κ3) is 4.02. The summed E-state index contributed by atoms with van der Waals surface area (Å²) in [6.45, 7) is 0. The van der Waals surface area contributed by atoms with Crippen LogP contribution in [0.5, 0.6) is 0 Å². The minimum atomic E-state index is 0.856. The quantitative estimate of drug-likeness (QED) is 0.443. The lowest BCUT2D eigenvalue weighted by molar-refractivity contribution is 1.24. The summed E-state index contributed by atoms with van der Waals surface area (Å²) < 4.78 is 1.000. The summed E-state index contributed by atoms with van der Waals surface area (Å²) in [7, 11) is 0. The summed E-state index contributed by atoms with van der Waals surface area (Å²) in [5.41, 5.74) is 3.94. The van der Waals surface area contributed by atoms with E-state index in [0.29, 0.717) is 0 Å². The zero-order valence-electron chi connectivity index (χ0n) is 12.4. The predicted molar refractivity (Wildman–Crippen MR) is 100 cm³/mol. The van der Waals surface area contributed by atoms with Gasteiger partial charge in [0.05, 0.1) is 6.21 Å². The van der Waals surface area contributed by atoms with E-state index in [2.05, 4.69) is 26.1 Å². The van der Waals surface area contributed by atoms with Gasteiger partial charge in [0, 0.05) is 21.2 Å². The summed E-state index contributed by atoms with van der Waals surface area (Å²) in [5.74, 6) is 0. The summed E-state index contributed by atoms with van der Waals surface area (Å²) in [6.07, 6.45) is 1.76. The van der Waals surface area contributed by atoms with E-state index in [4.69, 9.17) is 0 Å². The highest BCUT2D eigenvalue weighted by Crippen LogP contribution is 2.14. The van der Waals surface area contributed by atoms with Crippen LogP contribution >= 0.6 is 15.9 Å². The molecule has 0 radical (unpaired) electrons. The molecule has 23 heavy (non-hydrogen) atoms. The van der Waals surface area contributed by atoms with Gasteiger partial charge in [0.1, 0.15) is 5.71 Å². The van der Waals surface area contributed by atoms with E-state index in [0.717, 1.165) is 26.9 Å². The lowest BCUT2D eigenvalue weighted by Crippen LogP contribution is -2.02. The molecule has 0 saturated carbocycles. The number of nitrogens with zero attached hydrogens (tertiary/aromatic N) is 2. The average Bonchev–Trinajstić information content (AvgIpc) is 2.62. The molecule has 3 heteroatoms. The van der Waals surface area contributed by atoms with Crippen LogP contribution in [-0.2, 0) is 0 Å². The van der Waals surface area contributed by atoms with E-state index in [9.17, 15) is 0 Å². The maximum atomic E-state index is 4.47. The minimum Gasteiger partial charge on any atom is -0.158 e. The third-order valence-electron chi connectivity index (χ3n) is 3.35. The Kier molecular flexibility index (Phi) is 5.12. The second kappa shape index (κ2) is 7.65. The molecule has 0 aliphatic heterocycles. The first-order valence-corrected chi connectivity index (χ1v) is 8.10. The highest BCUT2D eigenvalue weighted by atomic mass is 79.9. The fourth-order valence-electron chi connectivity index (χ4n) is 2.20. The molecular formula is C20H15BrN2. The van der Waals surface area contributed by atoms with Crippen LogP contribution in [0.3, 0.4) is 0 Å². The molecule has 0 N–H and O–H groups in total. The van der Waals surface area contributed by atoms with Crippen molar-refractivity contribution in [2.75, 3.05) is 0 Å². The Morgan fingerprint density at radius 3 is 1.78 bits per heavy atom. The second-order valence-corrected chi connectivity index (χ2v) is 5.80. The Balaban J connectivity index is 1.97. The van der Waals surface area contributed by atoms with E-state index < -0.39 is 0 Å². The molecule has 0 saturated heterocycles. The molecule has 0 spiro atoms. The lowest BCUT2D eigenvalue weighted by atomic mass is 10.0. The number of hydrogen-bond donors (Lipinski definition) is 0. The molecule has 3 rings (SSSR count). The molecule has 0 fully saturated rings. The van der Waals surface area contributed by atoms with Gasteiger partial charge in [0.25, 0.3) is 0 Å². The molecule has 0 aliphatic rings. The first-order valence-electron chi connectivity index (χ1n) is 7.31. The van der Waals surface area contributed by atoms with Crippen LogP contribution in [0.4, 0.5) is 0 Å². The van der Waals surface area contributed by atoms with Gasteiger partial charge in [-0.3, -0.25) is 0 Å². The molecule has 3 aromatic carbocycles. The molecule has 0 aliphatic carbocycles. The van der Waals surface area contributed by atoms with Gasteiger partial charge in [-0.2, -0.15) is 5.10 Å². The summed E-state index contributed by atoms with van der Waals surface area (Å²) in [6, 6.07) is 28.1. The summed E-state index contributed by atoms with van der Waals surface area (Å²) >= 11 is 3.51. The van der Waals surface area contributed by atoms with E-state index >= 15 is 0 Å². The number of halogens is 1. The third-order valence-corrected chi connectivity index (χ3v) is 4.08. The van der Waals surface area contributed by atoms with Crippen molar-refractivity contribution >= 4 is 27.9 Å². The SMILES string of the molecule is Brc1ccccc1/C=N\N=C(c1ccccc1)c1ccccc1. The Labute approximate surface area is 144 Å². The van der Waals surface area contributed by atoms with Crippen molar-refractivity contribution in [3.63, 3.8) is 0 Å². The van der Waals surface area contributed by atoms with Crippen LogP contribution in [0.15, 0.2) is 99.6 Å². The Morgan fingerprint density at radius 1 is 0.696 bits per heavy atom. The van der Waals surface area contributed by atoms with Crippen LogP contribution < -0.4 is 0 Å². The normalized spacial score (nSPS) is 10.7. The highest BCUT2D eigenvalue weighted by molar-refractivity contribution is 9.10. The molecule has 3 aromatic rings.